The number of carbonyl (C=O) groups is 1. The number of halogens is 2. The monoisotopic (exact) mass is 669 g/mol. The van der Waals surface area contributed by atoms with Gasteiger partial charge in [-0.1, -0.05) is 0 Å². The molecule has 0 aliphatic heterocycles. The zero-order valence-corrected chi connectivity index (χ0v) is 21.9. The molecule has 0 atom stereocenters. The first kappa shape index (κ1) is 22.9. The summed E-state index contributed by atoms with van der Waals surface area (Å²) in [4.78, 5) is 17.1. The molecule has 0 fully saturated rings. The van der Waals surface area contributed by atoms with E-state index in [1.54, 1.807) is 0 Å². The van der Waals surface area contributed by atoms with Crippen LogP contribution in [0.2, 0.25) is 0 Å². The van der Waals surface area contributed by atoms with Crippen LogP contribution in [0.5, 0.6) is 5.75 Å². The minimum Gasteiger partial charge on any atom is -0.494 e. The number of anilines is 1. The van der Waals surface area contributed by atoms with Crippen LogP contribution in [0.25, 0.3) is 22.6 Å². The molecule has 0 saturated heterocycles. The maximum Gasteiger partial charge on any atom is 0.258 e. The van der Waals surface area contributed by atoms with Gasteiger partial charge in [-0.2, -0.15) is 0 Å². The molecule has 0 saturated carbocycles. The molecule has 4 aromatic rings. The fourth-order valence-electron chi connectivity index (χ4n) is 2.99. The molecule has 0 aliphatic carbocycles. The van der Waals surface area contributed by atoms with Crippen LogP contribution >= 0.6 is 57.4 Å². The van der Waals surface area contributed by atoms with Crippen molar-refractivity contribution in [3.05, 3.63) is 73.4 Å². The highest BCUT2D eigenvalue weighted by molar-refractivity contribution is 14.1. The Morgan fingerprint density at radius 3 is 2.62 bits per heavy atom. The molecule has 0 radical (unpaired) electrons. The lowest BCUT2D eigenvalue weighted by Crippen LogP contribution is -2.34. The zero-order chi connectivity index (χ0) is 22.7. The highest BCUT2D eigenvalue weighted by Crippen LogP contribution is 2.27. The lowest BCUT2D eigenvalue weighted by atomic mass is 10.2. The van der Waals surface area contributed by atoms with Crippen LogP contribution in [0.4, 0.5) is 5.69 Å². The smallest absolute Gasteiger partial charge is 0.258 e. The van der Waals surface area contributed by atoms with Crippen LogP contribution < -0.4 is 15.4 Å². The summed E-state index contributed by atoms with van der Waals surface area (Å²) in [5.41, 5.74) is 3.47. The Bertz CT molecular complexity index is 1310. The summed E-state index contributed by atoms with van der Waals surface area (Å²) in [5.74, 6) is 1.06. The predicted octanol–water partition coefficient (Wildman–Crippen LogP) is 6.23. The SMILES string of the molecule is CCOc1ccc(-c2nc3cc(NC(=S)NC(=O)c4cc(I)ccc4I)ccc3o2)cc1. The van der Waals surface area contributed by atoms with Crippen molar-refractivity contribution in [2.24, 2.45) is 0 Å². The molecule has 2 N–H and O–H groups in total. The van der Waals surface area contributed by atoms with Gasteiger partial charge in [-0.25, -0.2) is 4.98 Å². The lowest BCUT2D eigenvalue weighted by molar-refractivity contribution is 0.0977. The number of hydrogen-bond donors (Lipinski definition) is 2. The average molecular weight is 669 g/mol. The van der Waals surface area contributed by atoms with Crippen molar-refractivity contribution in [2.75, 3.05) is 11.9 Å². The molecular formula is C23H17I2N3O3S. The Morgan fingerprint density at radius 2 is 1.88 bits per heavy atom. The van der Waals surface area contributed by atoms with Crippen molar-refractivity contribution in [3.8, 4) is 17.2 Å². The predicted molar refractivity (Wildman–Crippen MR) is 146 cm³/mol. The first-order valence-corrected chi connectivity index (χ1v) is 12.2. The summed E-state index contributed by atoms with van der Waals surface area (Å²) in [6.45, 7) is 2.56. The van der Waals surface area contributed by atoms with E-state index in [2.05, 4.69) is 60.8 Å². The van der Waals surface area contributed by atoms with E-state index in [4.69, 9.17) is 21.4 Å². The summed E-state index contributed by atoms with van der Waals surface area (Å²) in [6.07, 6.45) is 0. The maximum atomic E-state index is 12.6. The third-order valence-corrected chi connectivity index (χ3v) is 6.27. The average Bonchev–Trinajstić information content (AvgIpc) is 3.19. The van der Waals surface area contributed by atoms with E-state index in [1.807, 2.05) is 67.6 Å². The van der Waals surface area contributed by atoms with Crippen LogP contribution in [0, 0.1) is 7.14 Å². The van der Waals surface area contributed by atoms with E-state index in [0.29, 0.717) is 34.8 Å². The van der Waals surface area contributed by atoms with Crippen LogP contribution in [0.3, 0.4) is 0 Å². The summed E-state index contributed by atoms with van der Waals surface area (Å²) in [5, 5.41) is 5.97. The molecule has 3 aromatic carbocycles. The largest absolute Gasteiger partial charge is 0.494 e. The van der Waals surface area contributed by atoms with Gasteiger partial charge < -0.3 is 14.5 Å². The molecular weight excluding hydrogens is 652 g/mol. The molecule has 0 aliphatic rings. The molecule has 0 unspecified atom stereocenters. The highest BCUT2D eigenvalue weighted by atomic mass is 127. The van der Waals surface area contributed by atoms with Crippen LogP contribution in [0.1, 0.15) is 17.3 Å². The number of fused-ring (bicyclic) bond motifs is 1. The van der Waals surface area contributed by atoms with Crippen molar-refractivity contribution in [2.45, 2.75) is 6.92 Å². The van der Waals surface area contributed by atoms with Gasteiger partial charge in [0.15, 0.2) is 10.7 Å². The fourth-order valence-corrected chi connectivity index (χ4v) is 4.28. The Hall–Kier alpha value is -2.25. The number of amides is 1. The molecule has 1 heterocycles. The molecule has 6 nitrogen and oxygen atoms in total. The zero-order valence-electron chi connectivity index (χ0n) is 16.8. The maximum absolute atomic E-state index is 12.6. The van der Waals surface area contributed by atoms with E-state index >= 15 is 0 Å². The van der Waals surface area contributed by atoms with Gasteiger partial charge in [-0.3, -0.25) is 10.1 Å². The second-order valence-electron chi connectivity index (χ2n) is 6.69. The molecule has 0 bridgehead atoms. The van der Waals surface area contributed by atoms with E-state index in [9.17, 15) is 4.79 Å². The number of nitrogens with one attached hydrogen (secondary N) is 2. The summed E-state index contributed by atoms with van der Waals surface area (Å²) in [7, 11) is 0. The van der Waals surface area contributed by atoms with Crippen molar-refractivity contribution < 1.29 is 13.9 Å². The third-order valence-electron chi connectivity index (χ3n) is 4.46. The Morgan fingerprint density at radius 1 is 1.09 bits per heavy atom. The Kier molecular flexibility index (Phi) is 7.26. The number of ether oxygens (including phenoxy) is 1. The number of benzene rings is 3. The van der Waals surface area contributed by atoms with Crippen molar-refractivity contribution >= 4 is 85.2 Å². The first-order chi connectivity index (χ1) is 15.4. The standard InChI is InChI=1S/C23H17I2N3O3S/c1-2-30-16-7-3-13(4-8-16)22-27-19-12-15(6-10-20(19)31-22)26-23(32)28-21(29)17-11-14(24)5-9-18(17)25/h3-12H,2H2,1H3,(H2,26,28,29,32). The van der Waals surface area contributed by atoms with Gasteiger partial charge in [0.05, 0.1) is 12.2 Å². The summed E-state index contributed by atoms with van der Waals surface area (Å²) >= 11 is 9.63. The van der Waals surface area contributed by atoms with E-state index in [-0.39, 0.29) is 11.0 Å². The van der Waals surface area contributed by atoms with Crippen molar-refractivity contribution in [1.29, 1.82) is 0 Å². The molecule has 4 rings (SSSR count). The van der Waals surface area contributed by atoms with Gasteiger partial charge in [0.2, 0.25) is 5.89 Å². The number of carbonyl (C=O) groups excluding carboxylic acids is 1. The molecule has 162 valence electrons. The lowest BCUT2D eigenvalue weighted by Gasteiger charge is -2.10. The number of nitrogens with zero attached hydrogens (tertiary/aromatic N) is 1. The Labute approximate surface area is 217 Å². The number of rotatable bonds is 5. The summed E-state index contributed by atoms with van der Waals surface area (Å²) < 4.78 is 13.2. The topological polar surface area (TPSA) is 76.4 Å². The van der Waals surface area contributed by atoms with Gasteiger partial charge >= 0.3 is 0 Å². The van der Waals surface area contributed by atoms with Crippen LogP contribution in [-0.2, 0) is 0 Å². The van der Waals surface area contributed by atoms with Gasteiger partial charge in [0.1, 0.15) is 11.3 Å². The fraction of sp³-hybridized carbons (Fsp3) is 0.0870. The molecule has 9 heteroatoms. The molecule has 1 amide bonds. The van der Waals surface area contributed by atoms with E-state index in [1.165, 1.54) is 0 Å². The molecule has 0 spiro atoms. The highest BCUT2D eigenvalue weighted by Gasteiger charge is 2.13. The number of thiocarbonyl (C=S) groups is 1. The number of hydrogen-bond acceptors (Lipinski definition) is 5. The molecule has 32 heavy (non-hydrogen) atoms. The van der Waals surface area contributed by atoms with E-state index < -0.39 is 0 Å². The minimum atomic E-state index is -0.259. The molecule has 1 aromatic heterocycles. The van der Waals surface area contributed by atoms with Gasteiger partial charge in [-0.05, 0) is 125 Å². The van der Waals surface area contributed by atoms with Crippen molar-refractivity contribution in [3.63, 3.8) is 0 Å². The first-order valence-electron chi connectivity index (χ1n) is 9.64. The summed E-state index contributed by atoms with van der Waals surface area (Å²) in [6, 6.07) is 18.7. The number of oxazole rings is 1. The number of aromatic nitrogens is 1. The van der Waals surface area contributed by atoms with E-state index in [0.717, 1.165) is 18.5 Å². The van der Waals surface area contributed by atoms with Crippen molar-refractivity contribution in [1.82, 2.24) is 10.3 Å². The second-order valence-corrected chi connectivity index (χ2v) is 9.51. The minimum absolute atomic E-state index is 0.208. The normalized spacial score (nSPS) is 10.7. The Balaban J connectivity index is 1.47. The second kappa shape index (κ2) is 10.1. The third kappa shape index (κ3) is 5.38. The van der Waals surface area contributed by atoms with Gasteiger partial charge in [0, 0.05) is 18.4 Å². The van der Waals surface area contributed by atoms with Crippen LogP contribution in [-0.4, -0.2) is 22.6 Å². The van der Waals surface area contributed by atoms with Gasteiger partial charge in [-0.15, -0.1) is 0 Å². The van der Waals surface area contributed by atoms with Crippen LogP contribution in [0.15, 0.2) is 65.1 Å². The van der Waals surface area contributed by atoms with Gasteiger partial charge in [0.25, 0.3) is 5.91 Å². The quantitative estimate of drug-likeness (QED) is 0.194.